The van der Waals surface area contributed by atoms with E-state index >= 15 is 0 Å². The van der Waals surface area contributed by atoms with Gasteiger partial charge in [0.2, 0.25) is 5.91 Å². The van der Waals surface area contributed by atoms with Gasteiger partial charge in [-0.15, -0.1) is 13.2 Å². The monoisotopic (exact) mass is 451 g/mol. The first-order chi connectivity index (χ1) is 14.3. The fourth-order valence-corrected chi connectivity index (χ4v) is 2.52. The van der Waals surface area contributed by atoms with E-state index in [0.717, 1.165) is 12.3 Å². The Balaban J connectivity index is 1.96. The molecule has 0 aliphatic heterocycles. The number of hydrogen-bond donors (Lipinski definition) is 2. The molecule has 0 spiro atoms. The number of aromatic nitrogens is 1. The molecule has 31 heavy (non-hydrogen) atoms. The molecule has 12 heteroatoms. The number of hydrogen-bond acceptors (Lipinski definition) is 5. The molecule has 1 amide bonds. The molecule has 1 aromatic heterocycles. The number of nitrogens with two attached hydrogens (primary N) is 1. The lowest BCUT2D eigenvalue weighted by Crippen LogP contribution is -2.43. The van der Waals surface area contributed by atoms with E-state index in [9.17, 15) is 31.1 Å². The summed E-state index contributed by atoms with van der Waals surface area (Å²) in [5.74, 6) is -1.21. The summed E-state index contributed by atoms with van der Waals surface area (Å²) in [5, 5.41) is 2.55. The summed E-state index contributed by atoms with van der Waals surface area (Å²) < 4.78 is 82.5. The van der Waals surface area contributed by atoms with E-state index in [2.05, 4.69) is 19.8 Å². The maximum Gasteiger partial charge on any atom is 0.573 e. The van der Waals surface area contributed by atoms with Gasteiger partial charge in [-0.1, -0.05) is 18.2 Å². The topological polar surface area (TPSA) is 86.5 Å². The Morgan fingerprint density at radius 1 is 1.13 bits per heavy atom. The highest BCUT2D eigenvalue weighted by atomic mass is 19.4. The van der Waals surface area contributed by atoms with Crippen LogP contribution in [-0.2, 0) is 11.2 Å². The summed E-state index contributed by atoms with van der Waals surface area (Å²) >= 11 is 0. The van der Waals surface area contributed by atoms with Gasteiger partial charge in [0.15, 0.2) is 6.61 Å². The lowest BCUT2D eigenvalue weighted by molar-refractivity contribution is -0.274. The fraction of sp³-hybridized carbons (Fsp3) is 0.368. The number of pyridine rings is 1. The van der Waals surface area contributed by atoms with Crippen LogP contribution < -0.4 is 20.5 Å². The predicted octanol–water partition coefficient (Wildman–Crippen LogP) is 3.67. The zero-order valence-corrected chi connectivity index (χ0v) is 16.1. The van der Waals surface area contributed by atoms with Crippen molar-refractivity contribution in [2.24, 2.45) is 5.73 Å². The average Bonchev–Trinajstić information content (AvgIpc) is 2.66. The van der Waals surface area contributed by atoms with Crippen LogP contribution in [-0.4, -0.2) is 36.1 Å². The number of nitrogens with one attached hydrogen (secondary N) is 1. The SMILES string of the molecule is C[C@@H](NC(=O)[C@H](N)Cc1ccccc1OC(F)(F)F)c1ccc(OCC(F)(F)F)cn1. The first kappa shape index (κ1) is 24.3. The number of para-hydroxylation sites is 1. The van der Waals surface area contributed by atoms with Gasteiger partial charge in [-0.05, 0) is 30.7 Å². The third-order valence-electron chi connectivity index (χ3n) is 3.94. The number of carbonyl (C=O) groups excluding carboxylic acids is 1. The number of benzene rings is 1. The molecule has 3 N–H and O–H groups in total. The van der Waals surface area contributed by atoms with Gasteiger partial charge in [0.1, 0.15) is 11.5 Å². The van der Waals surface area contributed by atoms with Crippen molar-refractivity contribution < 1.29 is 40.6 Å². The number of halogens is 6. The summed E-state index contributed by atoms with van der Waals surface area (Å²) in [6, 6.07) is 6.09. The lowest BCUT2D eigenvalue weighted by Gasteiger charge is -2.19. The first-order valence-corrected chi connectivity index (χ1v) is 8.89. The van der Waals surface area contributed by atoms with Crippen molar-refractivity contribution in [2.45, 2.75) is 38.0 Å². The highest BCUT2D eigenvalue weighted by Crippen LogP contribution is 2.27. The van der Waals surface area contributed by atoms with Gasteiger partial charge in [0.25, 0.3) is 0 Å². The Bertz CT molecular complexity index is 871. The normalized spacial score (nSPS) is 13.9. The van der Waals surface area contributed by atoms with E-state index in [1.54, 1.807) is 6.92 Å². The summed E-state index contributed by atoms with van der Waals surface area (Å²) in [6.07, 6.45) is -8.52. The maximum absolute atomic E-state index is 12.5. The Morgan fingerprint density at radius 3 is 2.39 bits per heavy atom. The standard InChI is InChI=1S/C19H19F6N3O3/c1-11(15-7-6-13(9-27-15)30-10-18(20,21)22)28-17(29)14(26)8-12-4-2-3-5-16(12)31-19(23,24)25/h2-7,9,11,14H,8,10,26H2,1H3,(H,28,29)/t11-,14-/m1/s1. The van der Waals surface area contributed by atoms with Gasteiger partial charge in [-0.2, -0.15) is 13.2 Å². The van der Waals surface area contributed by atoms with Crippen LogP contribution >= 0.6 is 0 Å². The molecule has 2 rings (SSSR count). The molecule has 170 valence electrons. The third kappa shape index (κ3) is 8.32. The van der Waals surface area contributed by atoms with Crippen LogP contribution in [0.4, 0.5) is 26.3 Å². The minimum absolute atomic E-state index is 0.0967. The summed E-state index contributed by atoms with van der Waals surface area (Å²) in [4.78, 5) is 16.3. The molecule has 0 unspecified atom stereocenters. The Hall–Kier alpha value is -3.02. The number of rotatable bonds is 8. The molecule has 2 atom stereocenters. The number of nitrogens with zero attached hydrogens (tertiary/aromatic N) is 1. The van der Waals surface area contributed by atoms with Gasteiger partial charge in [-0.25, -0.2) is 0 Å². The van der Waals surface area contributed by atoms with Crippen molar-refractivity contribution in [1.29, 1.82) is 0 Å². The maximum atomic E-state index is 12.5. The molecule has 0 radical (unpaired) electrons. The molecule has 0 saturated carbocycles. The summed E-state index contributed by atoms with van der Waals surface area (Å²) in [6.45, 7) is 0.0958. The molecule has 2 aromatic rings. The minimum atomic E-state index is -4.89. The van der Waals surface area contributed by atoms with E-state index in [1.807, 2.05) is 0 Å². The predicted molar refractivity (Wildman–Crippen MR) is 97.1 cm³/mol. The van der Waals surface area contributed by atoms with Crippen molar-refractivity contribution in [3.05, 3.63) is 53.9 Å². The van der Waals surface area contributed by atoms with Crippen LogP contribution in [0.25, 0.3) is 0 Å². The van der Waals surface area contributed by atoms with Gasteiger partial charge in [0, 0.05) is 6.42 Å². The van der Waals surface area contributed by atoms with Gasteiger partial charge in [-0.3, -0.25) is 9.78 Å². The van der Waals surface area contributed by atoms with Crippen molar-refractivity contribution in [3.63, 3.8) is 0 Å². The largest absolute Gasteiger partial charge is 0.573 e. The minimum Gasteiger partial charge on any atom is -0.483 e. The van der Waals surface area contributed by atoms with Crippen molar-refractivity contribution in [1.82, 2.24) is 10.3 Å². The van der Waals surface area contributed by atoms with Crippen LogP contribution in [0.1, 0.15) is 24.2 Å². The molecule has 0 aliphatic carbocycles. The Kier molecular flexibility index (Phi) is 7.71. The van der Waals surface area contributed by atoms with Crippen LogP contribution in [0.15, 0.2) is 42.6 Å². The van der Waals surface area contributed by atoms with Crippen molar-refractivity contribution in [2.75, 3.05) is 6.61 Å². The van der Waals surface area contributed by atoms with Crippen molar-refractivity contribution in [3.8, 4) is 11.5 Å². The molecular weight excluding hydrogens is 432 g/mol. The molecule has 0 aliphatic rings. The lowest BCUT2D eigenvalue weighted by atomic mass is 10.0. The number of amides is 1. The summed E-state index contributed by atoms with van der Waals surface area (Å²) in [5.41, 5.74) is 6.23. The zero-order valence-electron chi connectivity index (χ0n) is 16.1. The first-order valence-electron chi connectivity index (χ1n) is 8.89. The zero-order chi connectivity index (χ0) is 23.2. The van der Waals surface area contributed by atoms with Crippen molar-refractivity contribution >= 4 is 5.91 Å². The highest BCUT2D eigenvalue weighted by Gasteiger charge is 2.32. The van der Waals surface area contributed by atoms with Gasteiger partial charge in [0.05, 0.1) is 24.0 Å². The average molecular weight is 451 g/mol. The van der Waals surface area contributed by atoms with Gasteiger partial charge >= 0.3 is 12.5 Å². The molecule has 1 aromatic carbocycles. The van der Waals surface area contributed by atoms with Crippen LogP contribution in [0, 0.1) is 0 Å². The van der Waals surface area contributed by atoms with E-state index in [4.69, 9.17) is 5.73 Å². The molecule has 0 bridgehead atoms. The molecule has 6 nitrogen and oxygen atoms in total. The quantitative estimate of drug-likeness (QED) is 0.599. The van der Waals surface area contributed by atoms with Crippen LogP contribution in [0.2, 0.25) is 0 Å². The number of carbonyl (C=O) groups is 1. The second-order valence-corrected chi connectivity index (χ2v) is 6.52. The third-order valence-corrected chi connectivity index (χ3v) is 3.94. The fourth-order valence-electron chi connectivity index (χ4n) is 2.52. The molecule has 0 fully saturated rings. The molecular formula is C19H19F6N3O3. The number of alkyl halides is 6. The van der Waals surface area contributed by atoms with Crippen LogP contribution in [0.3, 0.4) is 0 Å². The second-order valence-electron chi connectivity index (χ2n) is 6.52. The smallest absolute Gasteiger partial charge is 0.483 e. The Labute approximate surface area is 173 Å². The number of ether oxygens (including phenoxy) is 2. The second kappa shape index (κ2) is 9.86. The van der Waals surface area contributed by atoms with E-state index < -0.39 is 42.9 Å². The Morgan fingerprint density at radius 2 is 1.81 bits per heavy atom. The summed E-state index contributed by atoms with van der Waals surface area (Å²) in [7, 11) is 0. The molecule has 1 heterocycles. The van der Waals surface area contributed by atoms with E-state index in [1.165, 1.54) is 30.3 Å². The highest BCUT2D eigenvalue weighted by molar-refractivity contribution is 5.82. The van der Waals surface area contributed by atoms with E-state index in [-0.39, 0.29) is 17.7 Å². The van der Waals surface area contributed by atoms with Gasteiger partial charge < -0.3 is 20.5 Å². The molecule has 0 saturated heterocycles. The van der Waals surface area contributed by atoms with E-state index in [0.29, 0.717) is 5.69 Å². The van der Waals surface area contributed by atoms with Crippen LogP contribution in [0.5, 0.6) is 11.5 Å².